The second kappa shape index (κ2) is 8.98. The largest absolute Gasteiger partial charge is 0.348 e. The summed E-state index contributed by atoms with van der Waals surface area (Å²) in [6.45, 7) is 0. The number of halogens is 4. The monoisotopic (exact) mass is 523 g/mol. The molecule has 1 amide bonds. The van der Waals surface area contributed by atoms with Gasteiger partial charge in [0.1, 0.15) is 5.82 Å². The fourth-order valence-electron chi connectivity index (χ4n) is 5.54. The van der Waals surface area contributed by atoms with Crippen LogP contribution in [0, 0.1) is 29.3 Å². The summed E-state index contributed by atoms with van der Waals surface area (Å²) < 4.78 is 67.7. The first kappa shape index (κ1) is 23.9. The molecule has 2 aliphatic rings. The van der Waals surface area contributed by atoms with Crippen LogP contribution < -0.4 is 5.32 Å². The normalized spacial score (nSPS) is 23.9. The molecule has 2 aromatic carbocycles. The quantitative estimate of drug-likeness (QED) is 0.433. The lowest BCUT2D eigenvalue weighted by Crippen LogP contribution is -2.37. The first-order chi connectivity index (χ1) is 16.6. The van der Waals surface area contributed by atoms with E-state index in [1.165, 1.54) is 18.2 Å². The number of fused-ring (bicyclic) bond motifs is 2. The van der Waals surface area contributed by atoms with Gasteiger partial charge in [-0.2, -0.15) is 0 Å². The van der Waals surface area contributed by atoms with Crippen LogP contribution in [0.15, 0.2) is 47.6 Å². The number of sulfone groups is 1. The first-order valence-electron chi connectivity index (χ1n) is 11.1. The molecule has 2 bridgehead atoms. The number of imidazole rings is 1. The number of anilines is 1. The van der Waals surface area contributed by atoms with Crippen molar-refractivity contribution in [2.45, 2.75) is 41.7 Å². The van der Waals surface area contributed by atoms with Gasteiger partial charge in [0.25, 0.3) is 5.91 Å². The van der Waals surface area contributed by atoms with Gasteiger partial charge in [0.05, 0.1) is 15.2 Å². The van der Waals surface area contributed by atoms with Crippen molar-refractivity contribution in [3.8, 4) is 0 Å². The molecule has 2 N–H and O–H groups in total. The zero-order valence-corrected chi connectivity index (χ0v) is 19.8. The third-order valence-corrected chi connectivity index (χ3v) is 9.90. The van der Waals surface area contributed by atoms with E-state index in [2.05, 4.69) is 15.3 Å². The molecule has 0 spiro atoms. The number of hydrogen-bond donors (Lipinski definition) is 2. The molecule has 1 heterocycles. The molecule has 35 heavy (non-hydrogen) atoms. The van der Waals surface area contributed by atoms with Gasteiger partial charge in [0, 0.05) is 41.7 Å². The molecule has 6 nitrogen and oxygen atoms in total. The maximum Gasteiger partial charge on any atom is 0.255 e. The molecular formula is C24H21ClF3N3O3S. The SMILES string of the molecule is O=C(Nc1cc(F)c(F)c(F)c1)c1ccc(Cl)c(S(=O)(=O)[C@H]2C3CC[C@H]2C[C@@H](c2ncc[nH]2)C3)c1. The molecule has 0 aliphatic heterocycles. The number of benzene rings is 2. The van der Waals surface area contributed by atoms with Crippen LogP contribution in [0.4, 0.5) is 18.9 Å². The number of rotatable bonds is 5. The van der Waals surface area contributed by atoms with Crippen molar-refractivity contribution in [1.29, 1.82) is 0 Å². The Bertz CT molecular complexity index is 1360. The molecule has 2 aliphatic carbocycles. The Morgan fingerprint density at radius 1 is 1.06 bits per heavy atom. The number of aromatic amines is 1. The van der Waals surface area contributed by atoms with Crippen LogP contribution in [0.5, 0.6) is 0 Å². The van der Waals surface area contributed by atoms with Gasteiger partial charge < -0.3 is 10.3 Å². The number of hydrogen-bond acceptors (Lipinski definition) is 4. The highest BCUT2D eigenvalue weighted by Crippen LogP contribution is 2.52. The fourth-order valence-corrected chi connectivity index (χ4v) is 8.42. The minimum absolute atomic E-state index is 0.00650. The van der Waals surface area contributed by atoms with E-state index in [0.29, 0.717) is 25.0 Å². The minimum atomic E-state index is -3.88. The third-order valence-electron chi connectivity index (χ3n) is 7.02. The molecule has 2 fully saturated rings. The van der Waals surface area contributed by atoms with Crippen molar-refractivity contribution in [2.75, 3.05) is 5.32 Å². The molecule has 0 radical (unpaired) electrons. The van der Waals surface area contributed by atoms with Crippen LogP contribution in [-0.2, 0) is 9.84 Å². The van der Waals surface area contributed by atoms with Crippen molar-refractivity contribution < 1.29 is 26.4 Å². The van der Waals surface area contributed by atoms with Gasteiger partial charge in [-0.3, -0.25) is 4.79 Å². The zero-order valence-electron chi connectivity index (χ0n) is 18.3. The molecule has 1 aromatic heterocycles. The summed E-state index contributed by atoms with van der Waals surface area (Å²) >= 11 is 6.28. The topological polar surface area (TPSA) is 91.9 Å². The summed E-state index contributed by atoms with van der Waals surface area (Å²) in [5, 5.41) is 1.64. The van der Waals surface area contributed by atoms with E-state index in [0.717, 1.165) is 18.7 Å². The molecule has 0 saturated heterocycles. The number of nitrogens with zero attached hydrogens (tertiary/aromatic N) is 1. The molecule has 4 atom stereocenters. The smallest absolute Gasteiger partial charge is 0.255 e. The zero-order chi connectivity index (χ0) is 24.9. The molecule has 5 rings (SSSR count). The first-order valence-corrected chi connectivity index (χ1v) is 13.1. The number of carbonyl (C=O) groups excluding carboxylic acids is 1. The average molecular weight is 524 g/mol. The number of nitrogens with one attached hydrogen (secondary N) is 2. The summed E-state index contributed by atoms with van der Waals surface area (Å²) in [5.41, 5.74) is -0.366. The van der Waals surface area contributed by atoms with Gasteiger partial charge in [-0.1, -0.05) is 11.6 Å². The maximum atomic E-state index is 13.7. The van der Waals surface area contributed by atoms with Crippen molar-refractivity contribution in [3.63, 3.8) is 0 Å². The van der Waals surface area contributed by atoms with E-state index in [9.17, 15) is 26.4 Å². The van der Waals surface area contributed by atoms with Gasteiger partial charge in [0.15, 0.2) is 27.3 Å². The highest BCUT2D eigenvalue weighted by molar-refractivity contribution is 7.92. The van der Waals surface area contributed by atoms with Crippen LogP contribution in [0.1, 0.15) is 47.8 Å². The summed E-state index contributed by atoms with van der Waals surface area (Å²) in [5.74, 6) is -4.48. The standard InChI is InChI=1S/C24H21ClF3N3O3S/c25-17-4-3-14(24(32)31-16-10-18(26)21(28)19(27)11-16)9-20(17)35(33,34)22-12-1-2-13(22)8-15(7-12)23-29-5-6-30-23/h3-6,9-13,15,22H,1-2,7-8H2,(H,29,30)(H,31,32)/t12-,13?,15+,22+/m0/s1. The fraction of sp³-hybridized carbons (Fsp3) is 0.333. The number of carbonyl (C=O) groups is 1. The summed E-state index contributed by atoms with van der Waals surface area (Å²) in [6.07, 6.45) is 6.38. The van der Waals surface area contributed by atoms with Crippen molar-refractivity contribution in [1.82, 2.24) is 9.97 Å². The van der Waals surface area contributed by atoms with Crippen molar-refractivity contribution in [3.05, 3.63) is 76.6 Å². The summed E-state index contributed by atoms with van der Waals surface area (Å²) in [6, 6.07) is 5.08. The minimum Gasteiger partial charge on any atom is -0.348 e. The van der Waals surface area contributed by atoms with E-state index in [1.807, 2.05) is 0 Å². The van der Waals surface area contributed by atoms with Gasteiger partial charge in [-0.15, -0.1) is 0 Å². The van der Waals surface area contributed by atoms with Gasteiger partial charge in [-0.05, 0) is 55.7 Å². The Kier molecular flexibility index (Phi) is 6.13. The average Bonchev–Trinajstić information content (AvgIpc) is 3.44. The Morgan fingerprint density at radius 3 is 2.31 bits per heavy atom. The van der Waals surface area contributed by atoms with Gasteiger partial charge in [-0.25, -0.2) is 26.6 Å². The predicted molar refractivity (Wildman–Crippen MR) is 123 cm³/mol. The van der Waals surface area contributed by atoms with Crippen LogP contribution in [-0.4, -0.2) is 29.5 Å². The second-order valence-electron chi connectivity index (χ2n) is 9.10. The van der Waals surface area contributed by atoms with Gasteiger partial charge >= 0.3 is 0 Å². The lowest BCUT2D eigenvalue weighted by atomic mass is 9.80. The Labute approximate surface area is 204 Å². The third kappa shape index (κ3) is 4.33. The van der Waals surface area contributed by atoms with Crippen LogP contribution in [0.25, 0.3) is 0 Å². The predicted octanol–water partition coefficient (Wildman–Crippen LogP) is 5.48. The molecule has 184 valence electrons. The number of aromatic nitrogens is 2. The second-order valence-corrected chi connectivity index (χ2v) is 11.6. The number of H-pyrrole nitrogens is 1. The van der Waals surface area contributed by atoms with E-state index >= 15 is 0 Å². The highest BCUT2D eigenvalue weighted by Gasteiger charge is 2.50. The Balaban J connectivity index is 1.41. The van der Waals surface area contributed by atoms with E-state index in [4.69, 9.17) is 11.6 Å². The van der Waals surface area contributed by atoms with Gasteiger partial charge in [0.2, 0.25) is 0 Å². The van der Waals surface area contributed by atoms with E-state index in [1.54, 1.807) is 12.4 Å². The summed E-state index contributed by atoms with van der Waals surface area (Å²) in [4.78, 5) is 20.0. The summed E-state index contributed by atoms with van der Waals surface area (Å²) in [7, 11) is -3.88. The number of amides is 1. The van der Waals surface area contributed by atoms with Crippen molar-refractivity contribution >= 4 is 33.0 Å². The van der Waals surface area contributed by atoms with E-state index < -0.39 is 38.4 Å². The van der Waals surface area contributed by atoms with Crippen LogP contribution in [0.3, 0.4) is 0 Å². The maximum absolute atomic E-state index is 13.7. The van der Waals surface area contributed by atoms with Crippen LogP contribution in [0.2, 0.25) is 5.02 Å². The molecule has 2 saturated carbocycles. The van der Waals surface area contributed by atoms with Crippen LogP contribution >= 0.6 is 11.6 Å². The molecule has 3 aromatic rings. The molecular weight excluding hydrogens is 503 g/mol. The highest BCUT2D eigenvalue weighted by atomic mass is 35.5. The Hall–Kier alpha value is -2.85. The Morgan fingerprint density at radius 2 is 1.71 bits per heavy atom. The lowest BCUT2D eigenvalue weighted by molar-refractivity contribution is 0.102. The van der Waals surface area contributed by atoms with E-state index in [-0.39, 0.29) is 38.9 Å². The van der Waals surface area contributed by atoms with Crippen molar-refractivity contribution in [2.24, 2.45) is 11.8 Å². The molecule has 11 heteroatoms. The lowest BCUT2D eigenvalue weighted by Gasteiger charge is -2.34. The molecule has 1 unspecified atom stereocenters.